The Morgan fingerprint density at radius 3 is 2.25 bits per heavy atom. The van der Waals surface area contributed by atoms with Crippen LogP contribution in [0.4, 0.5) is 0 Å². The van der Waals surface area contributed by atoms with Crippen molar-refractivity contribution < 1.29 is 9.59 Å². The van der Waals surface area contributed by atoms with Gasteiger partial charge in [0.1, 0.15) is 6.04 Å². The molecular formula is C22H26Cl2N2O2. The molecule has 0 saturated carbocycles. The molecule has 0 spiro atoms. The van der Waals surface area contributed by atoms with Gasteiger partial charge in [0.15, 0.2) is 0 Å². The Morgan fingerprint density at radius 2 is 1.68 bits per heavy atom. The molecule has 0 aliphatic rings. The molecule has 2 aromatic carbocycles. The van der Waals surface area contributed by atoms with E-state index in [-0.39, 0.29) is 24.8 Å². The van der Waals surface area contributed by atoms with Crippen LogP contribution in [0, 0.1) is 6.92 Å². The van der Waals surface area contributed by atoms with Gasteiger partial charge in [-0.1, -0.05) is 60.5 Å². The van der Waals surface area contributed by atoms with Crippen LogP contribution in [-0.4, -0.2) is 29.3 Å². The van der Waals surface area contributed by atoms with Crippen LogP contribution in [0.1, 0.15) is 37.0 Å². The Hall–Kier alpha value is -2.04. The lowest BCUT2D eigenvalue weighted by atomic mass is 10.0. The van der Waals surface area contributed by atoms with Gasteiger partial charge in [0, 0.05) is 28.7 Å². The average Bonchev–Trinajstić information content (AvgIpc) is 2.66. The molecule has 2 aromatic rings. The fourth-order valence-electron chi connectivity index (χ4n) is 3.14. The number of hydrogen-bond acceptors (Lipinski definition) is 2. The average molecular weight is 421 g/mol. The lowest BCUT2D eigenvalue weighted by molar-refractivity contribution is -0.140. The summed E-state index contributed by atoms with van der Waals surface area (Å²) in [6.07, 6.45) is 0.706. The third-order valence-corrected chi connectivity index (χ3v) is 5.44. The monoisotopic (exact) mass is 420 g/mol. The first-order chi connectivity index (χ1) is 13.4. The van der Waals surface area contributed by atoms with Gasteiger partial charge in [-0.15, -0.1) is 0 Å². The van der Waals surface area contributed by atoms with Crippen molar-refractivity contribution in [2.45, 2.75) is 46.2 Å². The summed E-state index contributed by atoms with van der Waals surface area (Å²) in [5, 5.41) is 3.78. The number of amides is 2. The minimum Gasteiger partial charge on any atom is -0.355 e. The minimum absolute atomic E-state index is 0.136. The van der Waals surface area contributed by atoms with E-state index in [1.807, 2.05) is 45.0 Å². The first-order valence-electron chi connectivity index (χ1n) is 9.43. The summed E-state index contributed by atoms with van der Waals surface area (Å²) < 4.78 is 0. The van der Waals surface area contributed by atoms with E-state index in [0.717, 1.165) is 11.1 Å². The largest absolute Gasteiger partial charge is 0.355 e. The van der Waals surface area contributed by atoms with Crippen LogP contribution in [0.5, 0.6) is 0 Å². The maximum absolute atomic E-state index is 13.3. The summed E-state index contributed by atoms with van der Waals surface area (Å²) in [6, 6.07) is 12.4. The number of halogens is 2. The molecule has 1 atom stereocenters. The standard InChI is InChI=1S/C22H26Cl2N2O2/c1-4-20(22(28)25-5-2)26(14-17-18(23)11-8-12-19(17)24)21(27)13-16-10-7-6-9-15(16)3/h6-12,20H,4-5,13-14H2,1-3H3,(H,25,28)/t20-/m1/s1. The Bertz CT molecular complexity index is 819. The fraction of sp³-hybridized carbons (Fsp3) is 0.364. The molecule has 0 bridgehead atoms. The highest BCUT2D eigenvalue weighted by Crippen LogP contribution is 2.27. The Morgan fingerprint density at radius 1 is 1.04 bits per heavy atom. The predicted octanol–water partition coefficient (Wildman–Crippen LogP) is 4.79. The number of nitrogens with zero attached hydrogens (tertiary/aromatic N) is 1. The molecule has 0 aliphatic heterocycles. The van der Waals surface area contributed by atoms with E-state index in [9.17, 15) is 9.59 Å². The zero-order chi connectivity index (χ0) is 20.7. The molecule has 0 radical (unpaired) electrons. The highest BCUT2D eigenvalue weighted by atomic mass is 35.5. The molecule has 150 valence electrons. The second kappa shape index (κ2) is 10.5. The Balaban J connectivity index is 2.38. The molecule has 0 aliphatic carbocycles. The van der Waals surface area contributed by atoms with Gasteiger partial charge in [0.25, 0.3) is 0 Å². The maximum atomic E-state index is 13.3. The van der Waals surface area contributed by atoms with Crippen molar-refractivity contribution in [3.8, 4) is 0 Å². The lowest BCUT2D eigenvalue weighted by Crippen LogP contribution is -2.49. The molecule has 28 heavy (non-hydrogen) atoms. The lowest BCUT2D eigenvalue weighted by Gasteiger charge is -2.31. The number of nitrogens with one attached hydrogen (secondary N) is 1. The first-order valence-corrected chi connectivity index (χ1v) is 10.2. The van der Waals surface area contributed by atoms with Crippen molar-refractivity contribution in [1.29, 1.82) is 0 Å². The number of aryl methyl sites for hydroxylation is 1. The Kier molecular flexibility index (Phi) is 8.34. The SMILES string of the molecule is CCNC(=O)[C@@H](CC)N(Cc1c(Cl)cccc1Cl)C(=O)Cc1ccccc1C. The van der Waals surface area contributed by atoms with Gasteiger partial charge < -0.3 is 10.2 Å². The minimum atomic E-state index is -0.594. The molecule has 0 aromatic heterocycles. The molecule has 2 rings (SSSR count). The normalized spacial score (nSPS) is 11.8. The molecule has 6 heteroatoms. The second-order valence-corrected chi connectivity index (χ2v) is 7.46. The van der Waals surface area contributed by atoms with Crippen LogP contribution in [0.2, 0.25) is 10.0 Å². The highest BCUT2D eigenvalue weighted by Gasteiger charge is 2.29. The van der Waals surface area contributed by atoms with Crippen LogP contribution in [0.15, 0.2) is 42.5 Å². The zero-order valence-corrected chi connectivity index (χ0v) is 18.0. The number of carbonyl (C=O) groups excluding carboxylic acids is 2. The van der Waals surface area contributed by atoms with Gasteiger partial charge in [-0.25, -0.2) is 0 Å². The smallest absolute Gasteiger partial charge is 0.242 e. The van der Waals surface area contributed by atoms with E-state index < -0.39 is 6.04 Å². The zero-order valence-electron chi connectivity index (χ0n) is 16.5. The molecule has 4 nitrogen and oxygen atoms in total. The molecule has 0 fully saturated rings. The molecule has 0 heterocycles. The third kappa shape index (κ3) is 5.49. The summed E-state index contributed by atoms with van der Waals surface area (Å²) in [7, 11) is 0. The third-order valence-electron chi connectivity index (χ3n) is 4.73. The Labute approximate surface area is 176 Å². The van der Waals surface area contributed by atoms with Crippen LogP contribution in [0.3, 0.4) is 0 Å². The molecule has 2 amide bonds. The van der Waals surface area contributed by atoms with Crippen LogP contribution in [0.25, 0.3) is 0 Å². The molecule has 0 unspecified atom stereocenters. The van der Waals surface area contributed by atoms with Crippen LogP contribution < -0.4 is 5.32 Å². The highest BCUT2D eigenvalue weighted by molar-refractivity contribution is 6.36. The number of carbonyl (C=O) groups is 2. The predicted molar refractivity (Wildman–Crippen MR) is 115 cm³/mol. The number of rotatable bonds is 8. The summed E-state index contributed by atoms with van der Waals surface area (Å²) in [4.78, 5) is 27.5. The summed E-state index contributed by atoms with van der Waals surface area (Å²) in [5.74, 6) is -0.310. The van der Waals surface area contributed by atoms with Crippen LogP contribution in [-0.2, 0) is 22.6 Å². The number of hydrogen-bond donors (Lipinski definition) is 1. The first kappa shape index (κ1) is 22.3. The van der Waals surface area contributed by atoms with Gasteiger partial charge in [0.2, 0.25) is 11.8 Å². The summed E-state index contributed by atoms with van der Waals surface area (Å²) in [5.41, 5.74) is 2.62. The summed E-state index contributed by atoms with van der Waals surface area (Å²) in [6.45, 7) is 6.40. The van der Waals surface area contributed by atoms with Crippen molar-refractivity contribution in [2.24, 2.45) is 0 Å². The second-order valence-electron chi connectivity index (χ2n) is 6.64. The number of likely N-dealkylation sites (N-methyl/N-ethyl adjacent to an activating group) is 1. The van der Waals surface area contributed by atoms with Gasteiger partial charge in [-0.05, 0) is 43.5 Å². The van der Waals surface area contributed by atoms with E-state index in [1.54, 1.807) is 23.1 Å². The van der Waals surface area contributed by atoms with E-state index >= 15 is 0 Å². The van der Waals surface area contributed by atoms with Crippen molar-refractivity contribution in [3.63, 3.8) is 0 Å². The van der Waals surface area contributed by atoms with Crippen molar-refractivity contribution in [2.75, 3.05) is 6.54 Å². The van der Waals surface area contributed by atoms with E-state index in [2.05, 4.69) is 5.32 Å². The number of benzene rings is 2. The van der Waals surface area contributed by atoms with Crippen molar-refractivity contribution in [3.05, 3.63) is 69.2 Å². The van der Waals surface area contributed by atoms with Crippen molar-refractivity contribution in [1.82, 2.24) is 10.2 Å². The van der Waals surface area contributed by atoms with Gasteiger partial charge in [-0.2, -0.15) is 0 Å². The topological polar surface area (TPSA) is 49.4 Å². The molecule has 0 saturated heterocycles. The van der Waals surface area contributed by atoms with E-state index in [1.165, 1.54) is 0 Å². The maximum Gasteiger partial charge on any atom is 0.242 e. The van der Waals surface area contributed by atoms with Gasteiger partial charge in [0.05, 0.1) is 6.42 Å². The van der Waals surface area contributed by atoms with Gasteiger partial charge in [-0.3, -0.25) is 9.59 Å². The van der Waals surface area contributed by atoms with E-state index in [0.29, 0.717) is 28.6 Å². The quantitative estimate of drug-likeness (QED) is 0.667. The summed E-state index contributed by atoms with van der Waals surface area (Å²) >= 11 is 12.7. The van der Waals surface area contributed by atoms with Crippen molar-refractivity contribution >= 4 is 35.0 Å². The fourth-order valence-corrected chi connectivity index (χ4v) is 3.66. The van der Waals surface area contributed by atoms with E-state index in [4.69, 9.17) is 23.2 Å². The van der Waals surface area contributed by atoms with Crippen LogP contribution >= 0.6 is 23.2 Å². The molecule has 1 N–H and O–H groups in total. The van der Waals surface area contributed by atoms with Gasteiger partial charge >= 0.3 is 0 Å². The molecular weight excluding hydrogens is 395 g/mol.